The maximum absolute atomic E-state index is 13.6. The molecule has 5 rings (SSSR count). The van der Waals surface area contributed by atoms with Gasteiger partial charge in [0.05, 0.1) is 11.9 Å². The second kappa shape index (κ2) is 8.53. The molecule has 0 unspecified atom stereocenters. The molecule has 0 aliphatic heterocycles. The van der Waals surface area contributed by atoms with Crippen LogP contribution in [0.3, 0.4) is 0 Å². The maximum atomic E-state index is 13.6. The Balaban J connectivity index is 1.58. The van der Waals surface area contributed by atoms with Crippen LogP contribution in [0.4, 0.5) is 0 Å². The minimum absolute atomic E-state index is 0.0785. The Hall–Kier alpha value is -2.15. The number of hydrogen-bond acceptors (Lipinski definition) is 5. The van der Waals surface area contributed by atoms with Crippen molar-refractivity contribution in [2.45, 2.75) is 43.1 Å². The molecule has 0 amide bonds. The number of halogens is 1. The van der Waals surface area contributed by atoms with Gasteiger partial charge in [0, 0.05) is 28.0 Å². The van der Waals surface area contributed by atoms with Gasteiger partial charge in [-0.1, -0.05) is 35.5 Å². The van der Waals surface area contributed by atoms with E-state index in [-0.39, 0.29) is 5.56 Å². The van der Waals surface area contributed by atoms with Crippen molar-refractivity contribution in [2.24, 2.45) is 0 Å². The van der Waals surface area contributed by atoms with Crippen LogP contribution in [-0.2, 0) is 25.1 Å². The number of benzene rings is 1. The highest BCUT2D eigenvalue weighted by Crippen LogP contribution is 2.35. The lowest BCUT2D eigenvalue weighted by atomic mass is 9.97. The SMILES string of the molecule is O=c1c2c3c(sc2nc(SCc2ccc(Cl)cc2)n1Cc1ccncc1)CCCC3. The van der Waals surface area contributed by atoms with E-state index in [9.17, 15) is 4.79 Å². The van der Waals surface area contributed by atoms with E-state index < -0.39 is 0 Å². The van der Waals surface area contributed by atoms with Gasteiger partial charge in [-0.15, -0.1) is 11.3 Å². The smallest absolute Gasteiger partial charge is 0.263 e. The van der Waals surface area contributed by atoms with Crippen LogP contribution in [0.2, 0.25) is 5.02 Å². The zero-order valence-corrected chi connectivity index (χ0v) is 18.7. The third kappa shape index (κ3) is 3.92. The van der Waals surface area contributed by atoms with Gasteiger partial charge < -0.3 is 0 Å². The predicted molar refractivity (Wildman–Crippen MR) is 125 cm³/mol. The Kier molecular flexibility index (Phi) is 5.63. The molecule has 0 N–H and O–H groups in total. The zero-order chi connectivity index (χ0) is 20.5. The number of aromatic nitrogens is 3. The minimum atomic E-state index is 0.0785. The van der Waals surface area contributed by atoms with E-state index in [1.165, 1.54) is 16.9 Å². The van der Waals surface area contributed by atoms with Crippen molar-refractivity contribution < 1.29 is 0 Å². The molecule has 0 fully saturated rings. The molecule has 152 valence electrons. The van der Waals surface area contributed by atoms with Crippen LogP contribution in [0.1, 0.15) is 34.4 Å². The molecule has 3 aromatic heterocycles. The van der Waals surface area contributed by atoms with Gasteiger partial charge in [-0.05, 0) is 66.6 Å². The quantitative estimate of drug-likeness (QED) is 0.286. The normalized spacial score (nSPS) is 13.5. The van der Waals surface area contributed by atoms with Crippen LogP contribution in [0, 0.1) is 0 Å². The number of rotatable bonds is 5. The summed E-state index contributed by atoms with van der Waals surface area (Å²) in [6.07, 6.45) is 7.92. The summed E-state index contributed by atoms with van der Waals surface area (Å²) in [7, 11) is 0. The molecule has 3 heterocycles. The molecule has 4 nitrogen and oxygen atoms in total. The molecule has 30 heavy (non-hydrogen) atoms. The second-order valence-electron chi connectivity index (χ2n) is 7.45. The fraction of sp³-hybridized carbons (Fsp3) is 0.261. The topological polar surface area (TPSA) is 47.8 Å². The van der Waals surface area contributed by atoms with Gasteiger partial charge in [0.15, 0.2) is 5.16 Å². The molecular formula is C23H20ClN3OS2. The number of thiophene rings is 1. The molecule has 0 bridgehead atoms. The van der Waals surface area contributed by atoms with Gasteiger partial charge in [-0.25, -0.2) is 4.98 Å². The van der Waals surface area contributed by atoms with Crippen molar-refractivity contribution in [1.29, 1.82) is 0 Å². The van der Waals surface area contributed by atoms with Gasteiger partial charge >= 0.3 is 0 Å². The number of thioether (sulfide) groups is 1. The molecule has 0 saturated carbocycles. The number of nitrogens with zero attached hydrogens (tertiary/aromatic N) is 3. The highest BCUT2D eigenvalue weighted by molar-refractivity contribution is 7.98. The Labute approximate surface area is 188 Å². The fourth-order valence-electron chi connectivity index (χ4n) is 3.87. The first-order chi connectivity index (χ1) is 14.7. The number of fused-ring (bicyclic) bond motifs is 3. The van der Waals surface area contributed by atoms with E-state index in [1.807, 2.05) is 41.0 Å². The molecule has 0 atom stereocenters. The largest absolute Gasteiger partial charge is 0.283 e. The van der Waals surface area contributed by atoms with Crippen molar-refractivity contribution in [2.75, 3.05) is 0 Å². The van der Waals surface area contributed by atoms with Gasteiger partial charge in [0.2, 0.25) is 0 Å². The van der Waals surface area contributed by atoms with Crippen molar-refractivity contribution in [3.8, 4) is 0 Å². The van der Waals surface area contributed by atoms with Crippen LogP contribution in [0.15, 0.2) is 58.7 Å². The van der Waals surface area contributed by atoms with Crippen molar-refractivity contribution >= 4 is 44.9 Å². The molecule has 0 radical (unpaired) electrons. The standard InChI is InChI=1S/C23H20ClN3OS2/c24-17-7-5-16(6-8-17)14-29-23-26-21-20(18-3-1-2-4-19(18)30-21)22(28)27(23)13-15-9-11-25-12-10-15/h5-12H,1-4,13-14H2. The summed E-state index contributed by atoms with van der Waals surface area (Å²) < 4.78 is 1.83. The number of hydrogen-bond donors (Lipinski definition) is 0. The lowest BCUT2D eigenvalue weighted by Gasteiger charge is -2.14. The average Bonchev–Trinajstić information content (AvgIpc) is 3.15. The van der Waals surface area contributed by atoms with Gasteiger partial charge in [-0.3, -0.25) is 14.3 Å². The summed E-state index contributed by atoms with van der Waals surface area (Å²) in [5, 5.41) is 2.32. The Morgan fingerprint density at radius 2 is 1.80 bits per heavy atom. The Bertz CT molecular complexity index is 1250. The van der Waals surface area contributed by atoms with Gasteiger partial charge in [0.25, 0.3) is 5.56 Å². The third-order valence-electron chi connectivity index (χ3n) is 5.41. The molecule has 1 aromatic carbocycles. The lowest BCUT2D eigenvalue weighted by Crippen LogP contribution is -2.24. The van der Waals surface area contributed by atoms with Crippen molar-refractivity contribution in [3.05, 3.63) is 85.7 Å². The van der Waals surface area contributed by atoms with Crippen LogP contribution in [0.5, 0.6) is 0 Å². The first-order valence-corrected chi connectivity index (χ1v) is 12.2. The summed E-state index contributed by atoms with van der Waals surface area (Å²) >= 11 is 9.31. The monoisotopic (exact) mass is 453 g/mol. The molecule has 1 aliphatic rings. The fourth-order valence-corrected chi connectivity index (χ4v) is 6.25. The first kappa shape index (κ1) is 19.8. The van der Waals surface area contributed by atoms with Crippen LogP contribution in [0.25, 0.3) is 10.2 Å². The third-order valence-corrected chi connectivity index (χ3v) is 7.90. The van der Waals surface area contributed by atoms with E-state index in [0.29, 0.717) is 6.54 Å². The molecule has 0 saturated heterocycles. The van der Waals surface area contributed by atoms with E-state index >= 15 is 0 Å². The second-order valence-corrected chi connectivity index (χ2v) is 9.91. The van der Waals surface area contributed by atoms with Gasteiger partial charge in [0.1, 0.15) is 4.83 Å². The number of pyridine rings is 1. The summed E-state index contributed by atoms with van der Waals surface area (Å²) in [5.74, 6) is 0.733. The van der Waals surface area contributed by atoms with Crippen LogP contribution < -0.4 is 5.56 Å². The molecule has 1 aliphatic carbocycles. The predicted octanol–water partition coefficient (Wildman–Crippen LogP) is 5.73. The van der Waals surface area contributed by atoms with E-state index in [0.717, 1.165) is 56.5 Å². The van der Waals surface area contributed by atoms with Gasteiger partial charge in [-0.2, -0.15) is 0 Å². The lowest BCUT2D eigenvalue weighted by molar-refractivity contribution is 0.655. The molecule has 7 heteroatoms. The first-order valence-electron chi connectivity index (χ1n) is 10.0. The minimum Gasteiger partial charge on any atom is -0.283 e. The van der Waals surface area contributed by atoms with E-state index in [4.69, 9.17) is 16.6 Å². The summed E-state index contributed by atoms with van der Waals surface area (Å²) in [5.41, 5.74) is 3.51. The average molecular weight is 454 g/mol. The van der Waals surface area contributed by atoms with Crippen molar-refractivity contribution in [3.63, 3.8) is 0 Å². The zero-order valence-electron chi connectivity index (χ0n) is 16.3. The van der Waals surface area contributed by atoms with E-state index in [2.05, 4.69) is 4.98 Å². The summed E-state index contributed by atoms with van der Waals surface area (Å²) in [4.78, 5) is 24.9. The summed E-state index contributed by atoms with van der Waals surface area (Å²) in [6.45, 7) is 0.498. The Morgan fingerprint density at radius 1 is 1.03 bits per heavy atom. The molecule has 4 aromatic rings. The highest BCUT2D eigenvalue weighted by Gasteiger charge is 2.22. The molecular weight excluding hydrogens is 434 g/mol. The maximum Gasteiger partial charge on any atom is 0.263 e. The van der Waals surface area contributed by atoms with E-state index in [1.54, 1.807) is 35.5 Å². The number of aryl methyl sites for hydroxylation is 2. The van der Waals surface area contributed by atoms with Crippen LogP contribution in [-0.4, -0.2) is 14.5 Å². The van der Waals surface area contributed by atoms with Crippen molar-refractivity contribution in [1.82, 2.24) is 14.5 Å². The van der Waals surface area contributed by atoms with Crippen LogP contribution >= 0.6 is 34.7 Å². The summed E-state index contributed by atoms with van der Waals surface area (Å²) in [6, 6.07) is 11.7. The molecule has 0 spiro atoms. The highest BCUT2D eigenvalue weighted by atomic mass is 35.5. The Morgan fingerprint density at radius 3 is 2.60 bits per heavy atom.